The molecule has 2 heterocycles. The first-order valence-corrected chi connectivity index (χ1v) is 8.34. The molecule has 0 aliphatic carbocycles. The molecule has 0 fully saturated rings. The lowest BCUT2D eigenvalue weighted by Gasteiger charge is -2.30. The lowest BCUT2D eigenvalue weighted by atomic mass is 10.00. The van der Waals surface area contributed by atoms with Gasteiger partial charge in [0.1, 0.15) is 0 Å². The molecule has 23 heavy (non-hydrogen) atoms. The van der Waals surface area contributed by atoms with Gasteiger partial charge in [0.15, 0.2) is 0 Å². The summed E-state index contributed by atoms with van der Waals surface area (Å²) in [6, 6.07) is 14.6. The second-order valence-electron chi connectivity index (χ2n) is 6.29. The molecule has 1 aliphatic heterocycles. The lowest BCUT2D eigenvalue weighted by Crippen LogP contribution is -2.41. The van der Waals surface area contributed by atoms with Crippen LogP contribution in [-0.4, -0.2) is 40.7 Å². The molecule has 4 nitrogen and oxygen atoms in total. The predicted molar refractivity (Wildman–Crippen MR) is 92.1 cm³/mol. The van der Waals surface area contributed by atoms with Crippen molar-refractivity contribution in [3.05, 3.63) is 65.5 Å². The highest BCUT2D eigenvalue weighted by Crippen LogP contribution is 2.18. The molecule has 0 spiro atoms. The summed E-state index contributed by atoms with van der Waals surface area (Å²) in [7, 11) is 0. The Morgan fingerprint density at radius 3 is 2.74 bits per heavy atom. The Morgan fingerprint density at radius 1 is 1.17 bits per heavy atom. The topological polar surface area (TPSA) is 48.4 Å². The number of nitrogens with zero attached hydrogens (tertiary/aromatic N) is 2. The normalized spacial score (nSPS) is 17.5. The van der Waals surface area contributed by atoms with E-state index in [-0.39, 0.29) is 12.1 Å². The third-order valence-electron chi connectivity index (χ3n) is 4.47. The second kappa shape index (κ2) is 7.68. The van der Waals surface area contributed by atoms with Gasteiger partial charge >= 0.3 is 0 Å². The fourth-order valence-corrected chi connectivity index (χ4v) is 3.12. The number of rotatable bonds is 6. The standard InChI is InChI=1S/C19H25N3O/c1-15(19-8-4-5-10-20-19)21-12-18(23)14-22-11-9-16-6-2-3-7-17(16)13-22/h2-8,10,15,18,21,23H,9,11-14H2,1H3/t15-,18+/m1/s1. The molecule has 1 aromatic carbocycles. The minimum Gasteiger partial charge on any atom is -0.390 e. The Bertz CT molecular complexity index is 617. The van der Waals surface area contributed by atoms with E-state index in [0.717, 1.165) is 25.2 Å². The van der Waals surface area contributed by atoms with Crippen molar-refractivity contribution in [2.24, 2.45) is 0 Å². The average Bonchev–Trinajstić information content (AvgIpc) is 2.60. The van der Waals surface area contributed by atoms with Gasteiger partial charge in [-0.05, 0) is 36.6 Å². The van der Waals surface area contributed by atoms with Crippen molar-refractivity contribution in [1.29, 1.82) is 0 Å². The van der Waals surface area contributed by atoms with E-state index in [2.05, 4.69) is 46.4 Å². The summed E-state index contributed by atoms with van der Waals surface area (Å²) in [5, 5.41) is 13.7. The number of hydrogen-bond acceptors (Lipinski definition) is 4. The first kappa shape index (κ1) is 16.1. The van der Waals surface area contributed by atoms with Gasteiger partial charge in [-0.2, -0.15) is 0 Å². The zero-order valence-electron chi connectivity index (χ0n) is 13.7. The summed E-state index contributed by atoms with van der Waals surface area (Å²) in [5.74, 6) is 0. The van der Waals surface area contributed by atoms with E-state index in [1.54, 1.807) is 6.20 Å². The van der Waals surface area contributed by atoms with Crippen LogP contribution in [0.25, 0.3) is 0 Å². The highest BCUT2D eigenvalue weighted by atomic mass is 16.3. The molecule has 0 saturated carbocycles. The van der Waals surface area contributed by atoms with Gasteiger partial charge in [0.05, 0.1) is 11.8 Å². The number of aromatic nitrogens is 1. The van der Waals surface area contributed by atoms with Crippen molar-refractivity contribution >= 4 is 0 Å². The van der Waals surface area contributed by atoms with Crippen molar-refractivity contribution in [3.8, 4) is 0 Å². The quantitative estimate of drug-likeness (QED) is 0.858. The number of hydrogen-bond donors (Lipinski definition) is 2. The molecule has 0 amide bonds. The van der Waals surface area contributed by atoms with Crippen molar-refractivity contribution in [3.63, 3.8) is 0 Å². The Balaban J connectivity index is 1.46. The van der Waals surface area contributed by atoms with Crippen LogP contribution in [0.15, 0.2) is 48.7 Å². The molecule has 0 unspecified atom stereocenters. The Morgan fingerprint density at radius 2 is 1.96 bits per heavy atom. The molecule has 2 N–H and O–H groups in total. The van der Waals surface area contributed by atoms with Gasteiger partial charge < -0.3 is 10.4 Å². The number of nitrogens with one attached hydrogen (secondary N) is 1. The molecule has 122 valence electrons. The number of pyridine rings is 1. The molecule has 1 aromatic heterocycles. The van der Waals surface area contributed by atoms with Crippen LogP contribution in [-0.2, 0) is 13.0 Å². The molecule has 3 rings (SSSR count). The van der Waals surface area contributed by atoms with Crippen molar-refractivity contribution < 1.29 is 5.11 Å². The van der Waals surface area contributed by atoms with Crippen LogP contribution >= 0.6 is 0 Å². The summed E-state index contributed by atoms with van der Waals surface area (Å²) in [5.41, 5.74) is 3.84. The van der Waals surface area contributed by atoms with Crippen molar-refractivity contribution in [1.82, 2.24) is 15.2 Å². The fourth-order valence-electron chi connectivity index (χ4n) is 3.12. The highest BCUT2D eigenvalue weighted by Gasteiger charge is 2.18. The molecular formula is C19H25N3O. The molecule has 0 bridgehead atoms. The maximum Gasteiger partial charge on any atom is 0.0791 e. The Kier molecular flexibility index (Phi) is 5.39. The van der Waals surface area contributed by atoms with Crippen LogP contribution in [0.3, 0.4) is 0 Å². The lowest BCUT2D eigenvalue weighted by molar-refractivity contribution is 0.102. The molecule has 2 aromatic rings. The van der Waals surface area contributed by atoms with Gasteiger partial charge in [0, 0.05) is 38.4 Å². The SMILES string of the molecule is C[C@@H](NC[C@H](O)CN1CCc2ccccc2C1)c1ccccn1. The van der Waals surface area contributed by atoms with Crippen LogP contribution in [0.1, 0.15) is 29.8 Å². The zero-order valence-corrected chi connectivity index (χ0v) is 13.7. The van der Waals surface area contributed by atoms with Crippen LogP contribution in [0, 0.1) is 0 Å². The summed E-state index contributed by atoms with van der Waals surface area (Å²) in [6.45, 7) is 5.31. The minimum absolute atomic E-state index is 0.146. The van der Waals surface area contributed by atoms with E-state index < -0.39 is 0 Å². The monoisotopic (exact) mass is 311 g/mol. The number of fused-ring (bicyclic) bond motifs is 1. The zero-order chi connectivity index (χ0) is 16.1. The van der Waals surface area contributed by atoms with E-state index in [1.807, 2.05) is 18.2 Å². The van der Waals surface area contributed by atoms with Gasteiger partial charge in [0.2, 0.25) is 0 Å². The number of β-amino-alcohol motifs (C(OH)–C–C–N with tert-alkyl or cyclic N) is 1. The van der Waals surface area contributed by atoms with Crippen LogP contribution in [0.5, 0.6) is 0 Å². The van der Waals surface area contributed by atoms with Gasteiger partial charge in [-0.3, -0.25) is 9.88 Å². The molecule has 2 atom stereocenters. The number of aliphatic hydroxyl groups excluding tert-OH is 1. The predicted octanol–water partition coefficient (Wildman–Crippen LogP) is 2.15. The largest absolute Gasteiger partial charge is 0.390 e. The Hall–Kier alpha value is -1.75. The van der Waals surface area contributed by atoms with E-state index in [4.69, 9.17) is 0 Å². The Labute approximate surface area is 138 Å². The summed E-state index contributed by atoms with van der Waals surface area (Å²) in [6.07, 6.45) is 2.50. The van der Waals surface area contributed by atoms with E-state index in [9.17, 15) is 5.11 Å². The van der Waals surface area contributed by atoms with E-state index >= 15 is 0 Å². The van der Waals surface area contributed by atoms with E-state index in [1.165, 1.54) is 11.1 Å². The molecule has 0 radical (unpaired) electrons. The van der Waals surface area contributed by atoms with Crippen LogP contribution < -0.4 is 5.32 Å². The fraction of sp³-hybridized carbons (Fsp3) is 0.421. The molecular weight excluding hydrogens is 286 g/mol. The maximum atomic E-state index is 10.3. The third-order valence-corrected chi connectivity index (χ3v) is 4.47. The van der Waals surface area contributed by atoms with E-state index in [0.29, 0.717) is 13.1 Å². The summed E-state index contributed by atoms with van der Waals surface area (Å²) < 4.78 is 0. The van der Waals surface area contributed by atoms with Crippen LogP contribution in [0.4, 0.5) is 0 Å². The molecule has 1 aliphatic rings. The van der Waals surface area contributed by atoms with Gasteiger partial charge in [-0.15, -0.1) is 0 Å². The first-order chi connectivity index (χ1) is 11.2. The smallest absolute Gasteiger partial charge is 0.0791 e. The summed E-state index contributed by atoms with van der Waals surface area (Å²) in [4.78, 5) is 6.68. The van der Waals surface area contributed by atoms with Gasteiger partial charge in [-0.1, -0.05) is 30.3 Å². The number of benzene rings is 1. The minimum atomic E-state index is -0.369. The maximum absolute atomic E-state index is 10.3. The van der Waals surface area contributed by atoms with Crippen LogP contribution in [0.2, 0.25) is 0 Å². The third kappa shape index (κ3) is 4.38. The highest BCUT2D eigenvalue weighted by molar-refractivity contribution is 5.29. The molecule has 0 saturated heterocycles. The van der Waals surface area contributed by atoms with Crippen molar-refractivity contribution in [2.75, 3.05) is 19.6 Å². The second-order valence-corrected chi connectivity index (χ2v) is 6.29. The number of aliphatic hydroxyl groups is 1. The first-order valence-electron chi connectivity index (χ1n) is 8.34. The molecule has 4 heteroatoms. The van der Waals surface area contributed by atoms with Gasteiger partial charge in [-0.25, -0.2) is 0 Å². The summed E-state index contributed by atoms with van der Waals surface area (Å²) >= 11 is 0. The average molecular weight is 311 g/mol. The van der Waals surface area contributed by atoms with Gasteiger partial charge in [0.25, 0.3) is 0 Å². The van der Waals surface area contributed by atoms with Crippen molar-refractivity contribution in [2.45, 2.75) is 32.0 Å².